The maximum Gasteiger partial charge on any atom is 0.410 e. The molecule has 4 aliphatic rings. The van der Waals surface area contributed by atoms with Gasteiger partial charge in [0.25, 0.3) is 0 Å². The van der Waals surface area contributed by atoms with E-state index in [1.54, 1.807) is 0 Å². The highest BCUT2D eigenvalue weighted by molar-refractivity contribution is 5.69. The molecule has 0 spiro atoms. The van der Waals surface area contributed by atoms with Gasteiger partial charge < -0.3 is 29.1 Å². The third kappa shape index (κ3) is 12.3. The molecule has 4 heterocycles. The quantitative estimate of drug-likeness (QED) is 0.247. The summed E-state index contributed by atoms with van der Waals surface area (Å²) in [6, 6.07) is 2.10. The Morgan fingerprint density at radius 1 is 0.688 bits per heavy atom. The first-order valence-electron chi connectivity index (χ1n) is 18.7. The summed E-state index contributed by atoms with van der Waals surface area (Å²) in [4.78, 5) is 44.9. The van der Waals surface area contributed by atoms with Gasteiger partial charge in [-0.2, -0.15) is 0 Å². The number of aliphatic hydroxyl groups excluding tert-OH is 1. The number of carbonyl (C=O) groups is 3. The first kappa shape index (κ1) is 40.3. The molecular formula is C37H68N4O7. The van der Waals surface area contributed by atoms with Crippen molar-refractivity contribution in [2.75, 3.05) is 53.0 Å². The minimum atomic E-state index is -0.453. The van der Waals surface area contributed by atoms with Gasteiger partial charge in [-0.1, -0.05) is 13.8 Å². The van der Waals surface area contributed by atoms with Crippen LogP contribution in [0.5, 0.6) is 0 Å². The van der Waals surface area contributed by atoms with Crippen molar-refractivity contribution >= 4 is 18.2 Å². The molecule has 0 aromatic carbocycles. The number of carbonyl (C=O) groups excluding carboxylic acids is 3. The average molecular weight is 681 g/mol. The topological polar surface area (TPSA) is 112 Å². The Morgan fingerprint density at radius 3 is 1.50 bits per heavy atom. The van der Waals surface area contributed by atoms with E-state index in [0.29, 0.717) is 42.4 Å². The van der Waals surface area contributed by atoms with Crippen molar-refractivity contribution in [2.45, 2.75) is 155 Å². The van der Waals surface area contributed by atoms with Crippen molar-refractivity contribution in [3.05, 3.63) is 0 Å². The second-order valence-corrected chi connectivity index (χ2v) is 16.6. The van der Waals surface area contributed by atoms with Crippen molar-refractivity contribution < 1.29 is 33.7 Å². The van der Waals surface area contributed by atoms with Crippen molar-refractivity contribution in [3.63, 3.8) is 0 Å². The number of hydrogen-bond acceptors (Lipinski definition) is 9. The van der Waals surface area contributed by atoms with Crippen LogP contribution in [0.2, 0.25) is 0 Å². The number of aliphatic hydroxyl groups is 1. The molecule has 0 aliphatic carbocycles. The van der Waals surface area contributed by atoms with Crippen LogP contribution in [-0.2, 0) is 19.0 Å². The summed E-state index contributed by atoms with van der Waals surface area (Å²) in [7, 11) is 1.45. The van der Waals surface area contributed by atoms with Gasteiger partial charge in [0, 0.05) is 63.4 Å². The van der Waals surface area contributed by atoms with Crippen LogP contribution >= 0.6 is 0 Å². The smallest absolute Gasteiger partial charge is 0.410 e. The maximum absolute atomic E-state index is 12.3. The van der Waals surface area contributed by atoms with E-state index in [4.69, 9.17) is 19.3 Å². The highest BCUT2D eigenvalue weighted by Gasteiger charge is 2.40. The third-order valence-corrected chi connectivity index (χ3v) is 10.3. The SMILES string of the molecule is CC1CN(C(=O)OC(C)(C)C)CCC1N1CCC[C@H]1CCCO.COC(=O)CC[C@@H]1CCCN1C1CCN(C(=O)OC(C)(C)C)CC1C. The summed E-state index contributed by atoms with van der Waals surface area (Å²) in [5.74, 6) is 0.741. The largest absolute Gasteiger partial charge is 0.469 e. The van der Waals surface area contributed by atoms with E-state index < -0.39 is 11.2 Å². The van der Waals surface area contributed by atoms with E-state index in [1.165, 1.54) is 26.4 Å². The van der Waals surface area contributed by atoms with Crippen LogP contribution in [0.3, 0.4) is 0 Å². The van der Waals surface area contributed by atoms with E-state index in [1.807, 2.05) is 51.3 Å². The van der Waals surface area contributed by atoms with Crippen LogP contribution in [0.1, 0.15) is 120 Å². The summed E-state index contributed by atoms with van der Waals surface area (Å²) in [5.41, 5.74) is -0.882. The number of hydrogen-bond donors (Lipinski definition) is 1. The molecule has 11 nitrogen and oxygen atoms in total. The first-order chi connectivity index (χ1) is 22.5. The van der Waals surface area contributed by atoms with E-state index in [-0.39, 0.29) is 24.8 Å². The predicted molar refractivity (Wildman–Crippen MR) is 188 cm³/mol. The Morgan fingerprint density at radius 2 is 1.12 bits per heavy atom. The Hall–Kier alpha value is -2.11. The zero-order valence-electron chi connectivity index (χ0n) is 31.7. The van der Waals surface area contributed by atoms with Gasteiger partial charge in [-0.15, -0.1) is 0 Å². The zero-order valence-corrected chi connectivity index (χ0v) is 31.7. The Bertz CT molecular complexity index is 1030. The molecule has 6 atom stereocenters. The van der Waals surface area contributed by atoms with E-state index in [9.17, 15) is 14.4 Å². The highest BCUT2D eigenvalue weighted by atomic mass is 16.6. The molecule has 11 heteroatoms. The lowest BCUT2D eigenvalue weighted by atomic mass is 9.91. The molecular weight excluding hydrogens is 612 g/mol. The summed E-state index contributed by atoms with van der Waals surface area (Å²) in [6.07, 6.45) is 9.79. The van der Waals surface area contributed by atoms with Crippen molar-refractivity contribution in [1.82, 2.24) is 19.6 Å². The monoisotopic (exact) mass is 681 g/mol. The van der Waals surface area contributed by atoms with Gasteiger partial charge >= 0.3 is 18.2 Å². The van der Waals surface area contributed by atoms with Gasteiger partial charge in [0.2, 0.25) is 0 Å². The van der Waals surface area contributed by atoms with Crippen LogP contribution in [0.15, 0.2) is 0 Å². The van der Waals surface area contributed by atoms with Crippen LogP contribution in [0.25, 0.3) is 0 Å². The minimum Gasteiger partial charge on any atom is -0.469 e. The van der Waals surface area contributed by atoms with Crippen LogP contribution in [0, 0.1) is 11.8 Å². The third-order valence-electron chi connectivity index (χ3n) is 10.3. The van der Waals surface area contributed by atoms with Crippen LogP contribution in [0.4, 0.5) is 9.59 Å². The van der Waals surface area contributed by atoms with Crippen molar-refractivity contribution in [2.24, 2.45) is 11.8 Å². The molecule has 278 valence electrons. The average Bonchev–Trinajstić information content (AvgIpc) is 3.67. The Balaban J connectivity index is 0.000000261. The van der Waals surface area contributed by atoms with E-state index >= 15 is 0 Å². The normalized spacial score (nSPS) is 28.9. The molecule has 48 heavy (non-hydrogen) atoms. The number of piperidine rings is 2. The Labute approximate surface area is 291 Å². The number of esters is 1. The molecule has 1 N–H and O–H groups in total. The molecule has 2 amide bonds. The molecule has 4 rings (SSSR count). The number of ether oxygens (including phenoxy) is 3. The van der Waals surface area contributed by atoms with Crippen LogP contribution < -0.4 is 0 Å². The summed E-state index contributed by atoms with van der Waals surface area (Å²) >= 11 is 0. The molecule has 0 saturated carbocycles. The van der Waals surface area contributed by atoms with Crippen molar-refractivity contribution in [1.29, 1.82) is 0 Å². The predicted octanol–water partition coefficient (Wildman–Crippen LogP) is 5.92. The standard InChI is InChI=1S/C19H34N2O4.C18H34N2O3/c1-14-13-20(18(23)25-19(2,3)4)12-10-16(14)21-11-6-7-15(21)8-9-17(22)24-5;1-14-13-19(17(22)23-18(2,3)4)11-9-16(14)20-10-5-7-15(20)8-6-12-21/h14-16H,6-13H2,1-5H3;14-16,21H,5-13H2,1-4H3/t2*14?,15-,16?/m00/s1. The number of nitrogens with zero attached hydrogens (tertiary/aromatic N) is 4. The maximum atomic E-state index is 12.3. The van der Waals surface area contributed by atoms with Gasteiger partial charge in [-0.05, 0) is 124 Å². The summed E-state index contributed by atoms with van der Waals surface area (Å²) < 4.78 is 15.8. The second kappa shape index (κ2) is 18.2. The van der Waals surface area contributed by atoms with Crippen LogP contribution in [-0.4, -0.2) is 131 Å². The van der Waals surface area contributed by atoms with Gasteiger partial charge in [0.05, 0.1) is 7.11 Å². The number of methoxy groups -OCH3 is 1. The van der Waals surface area contributed by atoms with Gasteiger partial charge in [-0.3, -0.25) is 14.6 Å². The number of rotatable bonds is 8. The zero-order chi connectivity index (χ0) is 35.6. The fraction of sp³-hybridized carbons (Fsp3) is 0.919. The van der Waals surface area contributed by atoms with Crippen molar-refractivity contribution in [3.8, 4) is 0 Å². The second-order valence-electron chi connectivity index (χ2n) is 16.6. The fourth-order valence-corrected chi connectivity index (χ4v) is 8.16. The molecule has 0 aromatic rings. The molecule has 4 aliphatic heterocycles. The lowest BCUT2D eigenvalue weighted by Crippen LogP contribution is -2.53. The van der Waals surface area contributed by atoms with Gasteiger partial charge in [-0.25, -0.2) is 9.59 Å². The minimum absolute atomic E-state index is 0.125. The lowest BCUT2D eigenvalue weighted by molar-refractivity contribution is -0.141. The highest BCUT2D eigenvalue weighted by Crippen LogP contribution is 2.33. The lowest BCUT2D eigenvalue weighted by Gasteiger charge is -2.43. The molecule has 0 radical (unpaired) electrons. The molecule has 4 fully saturated rings. The van der Waals surface area contributed by atoms with Gasteiger partial charge in [0.1, 0.15) is 11.2 Å². The number of amides is 2. The Kier molecular flexibility index (Phi) is 15.3. The van der Waals surface area contributed by atoms with E-state index in [2.05, 4.69) is 23.6 Å². The molecule has 0 bridgehead atoms. The summed E-state index contributed by atoms with van der Waals surface area (Å²) in [5, 5.41) is 9.09. The summed E-state index contributed by atoms with van der Waals surface area (Å²) in [6.45, 7) is 21.5. The first-order valence-corrected chi connectivity index (χ1v) is 18.7. The molecule has 4 unspecified atom stereocenters. The number of likely N-dealkylation sites (tertiary alicyclic amines) is 4. The molecule has 4 saturated heterocycles. The van der Waals surface area contributed by atoms with E-state index in [0.717, 1.165) is 77.8 Å². The fourth-order valence-electron chi connectivity index (χ4n) is 8.16. The molecule has 0 aromatic heterocycles. The van der Waals surface area contributed by atoms with Gasteiger partial charge in [0.15, 0.2) is 0 Å².